The quantitative estimate of drug-likeness (QED) is 0.779. The van der Waals surface area contributed by atoms with Gasteiger partial charge in [0.05, 0.1) is 25.9 Å². The van der Waals surface area contributed by atoms with Gasteiger partial charge in [0.2, 0.25) is 0 Å². The number of rotatable bonds is 3. The van der Waals surface area contributed by atoms with Crippen molar-refractivity contribution in [3.8, 4) is 0 Å². The SMILES string of the molecule is CC1CCN(C(C)C(F)(F)C2COCCO2)CC1. The van der Waals surface area contributed by atoms with Crippen LogP contribution in [0, 0.1) is 5.92 Å². The summed E-state index contributed by atoms with van der Waals surface area (Å²) in [5, 5.41) is 0. The molecule has 0 spiro atoms. The van der Waals surface area contributed by atoms with E-state index in [-0.39, 0.29) is 13.2 Å². The average molecular weight is 263 g/mol. The van der Waals surface area contributed by atoms with Crippen molar-refractivity contribution < 1.29 is 18.3 Å². The molecular formula is C13H23F2NO2. The van der Waals surface area contributed by atoms with Gasteiger partial charge in [0.1, 0.15) is 6.10 Å². The molecule has 0 aromatic rings. The van der Waals surface area contributed by atoms with E-state index in [9.17, 15) is 8.78 Å². The summed E-state index contributed by atoms with van der Waals surface area (Å²) in [7, 11) is 0. The Morgan fingerprint density at radius 1 is 1.22 bits per heavy atom. The molecule has 0 aromatic carbocycles. The number of hydrogen-bond acceptors (Lipinski definition) is 3. The van der Waals surface area contributed by atoms with Gasteiger partial charge in [-0.1, -0.05) is 6.92 Å². The summed E-state index contributed by atoms with van der Waals surface area (Å²) in [5.41, 5.74) is 0. The Labute approximate surface area is 107 Å². The first kappa shape index (κ1) is 14.2. The van der Waals surface area contributed by atoms with E-state index in [0.29, 0.717) is 12.5 Å². The van der Waals surface area contributed by atoms with Crippen molar-refractivity contribution in [1.29, 1.82) is 0 Å². The van der Waals surface area contributed by atoms with Gasteiger partial charge in [-0.3, -0.25) is 4.90 Å². The summed E-state index contributed by atoms with van der Waals surface area (Å²) in [6, 6.07) is -0.781. The largest absolute Gasteiger partial charge is 0.376 e. The average Bonchev–Trinajstić information content (AvgIpc) is 2.40. The molecule has 2 saturated heterocycles. The molecule has 2 atom stereocenters. The van der Waals surface area contributed by atoms with Crippen molar-refractivity contribution in [2.45, 2.75) is 44.8 Å². The summed E-state index contributed by atoms with van der Waals surface area (Å²) >= 11 is 0. The molecule has 0 radical (unpaired) electrons. The smallest absolute Gasteiger partial charge is 0.290 e. The second-order valence-corrected chi connectivity index (χ2v) is 5.50. The third-order valence-electron chi connectivity index (χ3n) is 4.17. The normalized spacial score (nSPS) is 30.3. The van der Waals surface area contributed by atoms with Gasteiger partial charge in [0.15, 0.2) is 0 Å². The van der Waals surface area contributed by atoms with Crippen LogP contribution in [-0.2, 0) is 9.47 Å². The summed E-state index contributed by atoms with van der Waals surface area (Å²) in [4.78, 5) is 1.89. The van der Waals surface area contributed by atoms with E-state index in [1.165, 1.54) is 0 Å². The van der Waals surface area contributed by atoms with Crippen LogP contribution < -0.4 is 0 Å². The van der Waals surface area contributed by atoms with Gasteiger partial charge >= 0.3 is 0 Å². The molecule has 2 aliphatic rings. The first-order valence-electron chi connectivity index (χ1n) is 6.83. The third kappa shape index (κ3) is 3.00. The van der Waals surface area contributed by atoms with Crippen molar-refractivity contribution >= 4 is 0 Å². The minimum atomic E-state index is -2.85. The van der Waals surface area contributed by atoms with Gasteiger partial charge in [-0.2, -0.15) is 0 Å². The lowest BCUT2D eigenvalue weighted by atomic mass is 9.95. The van der Waals surface area contributed by atoms with Crippen molar-refractivity contribution in [3.05, 3.63) is 0 Å². The highest BCUT2D eigenvalue weighted by Gasteiger charge is 2.49. The molecule has 0 aliphatic carbocycles. The summed E-state index contributed by atoms with van der Waals surface area (Å²) < 4.78 is 38.9. The van der Waals surface area contributed by atoms with E-state index in [4.69, 9.17) is 9.47 Å². The molecule has 0 amide bonds. The third-order valence-corrected chi connectivity index (χ3v) is 4.17. The molecule has 106 valence electrons. The molecule has 5 heteroatoms. The predicted molar refractivity (Wildman–Crippen MR) is 64.9 cm³/mol. The van der Waals surface area contributed by atoms with E-state index < -0.39 is 18.1 Å². The standard InChI is InChI=1S/C13H23F2NO2/c1-10-3-5-16(6-4-10)11(2)13(14,15)12-9-17-7-8-18-12/h10-12H,3-9H2,1-2H3. The van der Waals surface area contributed by atoms with Crippen LogP contribution in [0.15, 0.2) is 0 Å². The molecular weight excluding hydrogens is 240 g/mol. The van der Waals surface area contributed by atoms with Crippen LogP contribution in [-0.4, -0.2) is 55.9 Å². The highest BCUT2D eigenvalue weighted by Crippen LogP contribution is 2.32. The molecule has 0 saturated carbocycles. The fraction of sp³-hybridized carbons (Fsp3) is 1.00. The highest BCUT2D eigenvalue weighted by atomic mass is 19.3. The van der Waals surface area contributed by atoms with E-state index >= 15 is 0 Å². The van der Waals surface area contributed by atoms with Crippen molar-refractivity contribution in [2.24, 2.45) is 5.92 Å². The lowest BCUT2D eigenvalue weighted by Gasteiger charge is -2.41. The minimum absolute atomic E-state index is 0.00157. The van der Waals surface area contributed by atoms with E-state index in [0.717, 1.165) is 25.9 Å². The number of hydrogen-bond donors (Lipinski definition) is 0. The maximum atomic E-state index is 14.3. The summed E-state index contributed by atoms with van der Waals surface area (Å²) in [6.07, 6.45) is 0.908. The lowest BCUT2D eigenvalue weighted by Crippen LogP contribution is -2.57. The van der Waals surface area contributed by atoms with E-state index in [2.05, 4.69) is 6.92 Å². The molecule has 2 rings (SSSR count). The van der Waals surface area contributed by atoms with E-state index in [1.807, 2.05) is 4.90 Å². The molecule has 0 N–H and O–H groups in total. The van der Waals surface area contributed by atoms with Crippen LogP contribution in [0.3, 0.4) is 0 Å². The van der Waals surface area contributed by atoms with Crippen LogP contribution in [0.1, 0.15) is 26.7 Å². The Morgan fingerprint density at radius 2 is 1.89 bits per heavy atom. The number of piperidine rings is 1. The zero-order chi connectivity index (χ0) is 13.2. The van der Waals surface area contributed by atoms with Crippen molar-refractivity contribution in [3.63, 3.8) is 0 Å². The Morgan fingerprint density at radius 3 is 2.44 bits per heavy atom. The molecule has 3 nitrogen and oxygen atoms in total. The fourth-order valence-electron chi connectivity index (χ4n) is 2.64. The predicted octanol–water partition coefficient (Wildman–Crippen LogP) is 2.16. The van der Waals surface area contributed by atoms with Crippen molar-refractivity contribution in [1.82, 2.24) is 4.90 Å². The van der Waals surface area contributed by atoms with Gasteiger partial charge in [-0.25, -0.2) is 8.78 Å². The summed E-state index contributed by atoms with van der Waals surface area (Å²) in [5.74, 6) is -2.20. The molecule has 18 heavy (non-hydrogen) atoms. The fourth-order valence-corrected chi connectivity index (χ4v) is 2.64. The Kier molecular flexibility index (Phi) is 4.56. The maximum Gasteiger partial charge on any atom is 0.290 e. The number of alkyl halides is 2. The van der Waals surface area contributed by atoms with Gasteiger partial charge < -0.3 is 9.47 Å². The topological polar surface area (TPSA) is 21.7 Å². The second kappa shape index (κ2) is 5.80. The Balaban J connectivity index is 1.95. The number of ether oxygens (including phenoxy) is 2. The van der Waals surface area contributed by atoms with Crippen LogP contribution in [0.5, 0.6) is 0 Å². The van der Waals surface area contributed by atoms with Gasteiger partial charge in [0.25, 0.3) is 5.92 Å². The number of halogens is 2. The van der Waals surface area contributed by atoms with Crippen LogP contribution in [0.4, 0.5) is 8.78 Å². The Hall–Kier alpha value is -0.260. The van der Waals surface area contributed by atoms with Gasteiger partial charge in [-0.15, -0.1) is 0 Å². The summed E-state index contributed by atoms with van der Waals surface area (Å²) in [6.45, 7) is 5.98. The second-order valence-electron chi connectivity index (χ2n) is 5.50. The highest BCUT2D eigenvalue weighted by molar-refractivity contribution is 4.91. The van der Waals surface area contributed by atoms with Gasteiger partial charge in [0, 0.05) is 0 Å². The first-order chi connectivity index (χ1) is 8.51. The van der Waals surface area contributed by atoms with Crippen LogP contribution >= 0.6 is 0 Å². The zero-order valence-electron chi connectivity index (χ0n) is 11.2. The molecule has 2 aliphatic heterocycles. The Bertz CT molecular complexity index is 262. The van der Waals surface area contributed by atoms with Crippen LogP contribution in [0.2, 0.25) is 0 Å². The number of likely N-dealkylation sites (tertiary alicyclic amines) is 1. The molecule has 2 fully saturated rings. The zero-order valence-corrected chi connectivity index (χ0v) is 11.2. The van der Waals surface area contributed by atoms with Crippen molar-refractivity contribution in [2.75, 3.05) is 32.9 Å². The molecule has 2 unspecified atom stereocenters. The lowest BCUT2D eigenvalue weighted by molar-refractivity contribution is -0.218. The van der Waals surface area contributed by atoms with Gasteiger partial charge in [-0.05, 0) is 38.8 Å². The molecule has 0 aromatic heterocycles. The first-order valence-corrected chi connectivity index (χ1v) is 6.83. The number of nitrogens with zero attached hydrogens (tertiary/aromatic N) is 1. The molecule has 0 bridgehead atoms. The minimum Gasteiger partial charge on any atom is -0.376 e. The maximum absolute atomic E-state index is 14.3. The molecule has 2 heterocycles. The monoisotopic (exact) mass is 263 g/mol. The van der Waals surface area contributed by atoms with E-state index in [1.54, 1.807) is 6.92 Å². The van der Waals surface area contributed by atoms with Crippen LogP contribution in [0.25, 0.3) is 0 Å².